The van der Waals surface area contributed by atoms with E-state index in [0.29, 0.717) is 17.1 Å². The van der Waals surface area contributed by atoms with Crippen LogP contribution in [-0.2, 0) is 0 Å². The van der Waals surface area contributed by atoms with Gasteiger partial charge in [-0.3, -0.25) is 10.2 Å². The molecule has 2 N–H and O–H groups in total. The normalized spacial score (nSPS) is 13.2. The third kappa shape index (κ3) is 2.18. The average molecular weight is 252 g/mol. The molecule has 0 saturated carbocycles. The average Bonchev–Trinajstić information content (AvgIpc) is 2.61. The smallest absolute Gasteiger partial charge is 0.273 e. The summed E-state index contributed by atoms with van der Waals surface area (Å²) in [6.07, 6.45) is 4.92. The van der Waals surface area contributed by atoms with Crippen LogP contribution in [0.3, 0.4) is 0 Å². The highest BCUT2D eigenvalue weighted by atomic mass is 16.2. The molecular weight excluding hydrogens is 240 g/mol. The van der Waals surface area contributed by atoms with E-state index in [1.807, 2.05) is 31.2 Å². The molecule has 19 heavy (non-hydrogen) atoms. The lowest BCUT2D eigenvalue weighted by atomic mass is 10.1. The number of carbonyl (C=O) groups excluding carboxylic acids is 1. The Bertz CT molecular complexity index is 662. The number of aromatic nitrogens is 2. The first-order valence-electron chi connectivity index (χ1n) is 5.90. The van der Waals surface area contributed by atoms with Crippen LogP contribution in [0.1, 0.15) is 21.6 Å². The van der Waals surface area contributed by atoms with Gasteiger partial charge in [-0.1, -0.05) is 29.8 Å². The summed E-state index contributed by atoms with van der Waals surface area (Å²) in [5.41, 5.74) is 8.35. The van der Waals surface area contributed by atoms with E-state index in [2.05, 4.69) is 20.8 Å². The highest BCUT2D eigenvalue weighted by Gasteiger charge is 2.15. The van der Waals surface area contributed by atoms with Crippen molar-refractivity contribution in [1.29, 1.82) is 0 Å². The van der Waals surface area contributed by atoms with Crippen LogP contribution >= 0.6 is 0 Å². The molecule has 1 aliphatic rings. The van der Waals surface area contributed by atoms with E-state index in [1.54, 1.807) is 18.5 Å². The van der Waals surface area contributed by atoms with E-state index in [-0.39, 0.29) is 5.91 Å². The van der Waals surface area contributed by atoms with E-state index in [1.165, 1.54) is 5.56 Å². The minimum absolute atomic E-state index is 0.240. The van der Waals surface area contributed by atoms with E-state index < -0.39 is 0 Å². The number of benzene rings is 1. The largest absolute Gasteiger partial charge is 0.306 e. The Hall–Kier alpha value is -2.69. The van der Waals surface area contributed by atoms with Crippen molar-refractivity contribution >= 4 is 12.0 Å². The predicted molar refractivity (Wildman–Crippen MR) is 71.8 cm³/mol. The topological polar surface area (TPSA) is 66.9 Å². The molecule has 0 aliphatic carbocycles. The van der Waals surface area contributed by atoms with Crippen LogP contribution in [0.5, 0.6) is 0 Å². The molecule has 94 valence electrons. The van der Waals surface area contributed by atoms with Crippen molar-refractivity contribution in [2.45, 2.75) is 6.92 Å². The Kier molecular flexibility index (Phi) is 2.72. The van der Waals surface area contributed by atoms with Crippen LogP contribution in [-0.4, -0.2) is 15.9 Å². The molecule has 1 aromatic carbocycles. The lowest BCUT2D eigenvalue weighted by Crippen LogP contribution is -2.32. The van der Waals surface area contributed by atoms with Crippen LogP contribution in [0.25, 0.3) is 17.5 Å². The van der Waals surface area contributed by atoms with Gasteiger partial charge < -0.3 is 5.43 Å². The number of hydrogen-bond acceptors (Lipinski definition) is 4. The number of hydrogen-bond donors (Lipinski definition) is 2. The zero-order valence-electron chi connectivity index (χ0n) is 10.3. The van der Waals surface area contributed by atoms with E-state index >= 15 is 0 Å². The molecule has 5 heteroatoms. The molecule has 0 fully saturated rings. The Morgan fingerprint density at radius 1 is 1.16 bits per heavy atom. The number of hydrazine groups is 1. The van der Waals surface area contributed by atoms with Crippen molar-refractivity contribution in [3.8, 4) is 11.4 Å². The maximum atomic E-state index is 11.7. The summed E-state index contributed by atoms with van der Waals surface area (Å²) < 4.78 is 0. The second kappa shape index (κ2) is 4.53. The molecule has 0 unspecified atom stereocenters. The van der Waals surface area contributed by atoms with Gasteiger partial charge in [-0.15, -0.1) is 0 Å². The SMILES string of the molecule is Cc1ccc(-c2ncc3c(n2)C=CNNC3=O)cc1. The van der Waals surface area contributed by atoms with Gasteiger partial charge in [-0.2, -0.15) is 0 Å². The van der Waals surface area contributed by atoms with Gasteiger partial charge in [0.15, 0.2) is 5.82 Å². The molecule has 2 heterocycles. The number of nitrogens with one attached hydrogen (secondary N) is 2. The van der Waals surface area contributed by atoms with Crippen LogP contribution in [0, 0.1) is 6.92 Å². The highest BCUT2D eigenvalue weighted by molar-refractivity contribution is 5.97. The van der Waals surface area contributed by atoms with Gasteiger partial charge in [-0.25, -0.2) is 9.97 Å². The van der Waals surface area contributed by atoms with E-state index in [9.17, 15) is 4.79 Å². The molecule has 0 atom stereocenters. The molecular formula is C14H12N4O. The van der Waals surface area contributed by atoms with Crippen LogP contribution in [0.2, 0.25) is 0 Å². The second-order valence-corrected chi connectivity index (χ2v) is 4.29. The monoisotopic (exact) mass is 252 g/mol. The molecule has 0 spiro atoms. The summed E-state index contributed by atoms with van der Waals surface area (Å²) in [5.74, 6) is 0.369. The molecule has 2 aromatic rings. The molecule has 3 rings (SSSR count). The Labute approximate surface area is 110 Å². The Morgan fingerprint density at radius 2 is 1.95 bits per heavy atom. The molecule has 1 aromatic heterocycles. The maximum absolute atomic E-state index is 11.7. The summed E-state index contributed by atoms with van der Waals surface area (Å²) in [7, 11) is 0. The molecule has 1 aliphatic heterocycles. The molecule has 5 nitrogen and oxygen atoms in total. The minimum atomic E-state index is -0.240. The number of aryl methyl sites for hydroxylation is 1. The summed E-state index contributed by atoms with van der Waals surface area (Å²) in [6.45, 7) is 2.03. The standard InChI is InChI=1S/C14H12N4O/c1-9-2-4-10(5-3-9)13-15-8-11-12(17-13)6-7-16-18-14(11)19/h2-8,16H,1H3,(H,18,19). The number of amides is 1. The molecule has 0 saturated heterocycles. The number of fused-ring (bicyclic) bond motifs is 1. The Morgan fingerprint density at radius 3 is 2.74 bits per heavy atom. The van der Waals surface area contributed by atoms with Crippen molar-refractivity contribution in [2.75, 3.05) is 0 Å². The van der Waals surface area contributed by atoms with E-state index in [0.717, 1.165) is 5.56 Å². The minimum Gasteiger partial charge on any atom is -0.306 e. The predicted octanol–water partition coefficient (Wildman–Crippen LogP) is 1.67. The van der Waals surface area contributed by atoms with Gasteiger partial charge in [0, 0.05) is 18.0 Å². The fourth-order valence-electron chi connectivity index (χ4n) is 1.83. The Balaban J connectivity index is 2.07. The van der Waals surface area contributed by atoms with Crippen molar-refractivity contribution < 1.29 is 4.79 Å². The molecule has 0 radical (unpaired) electrons. The van der Waals surface area contributed by atoms with Gasteiger partial charge in [-0.05, 0) is 13.0 Å². The number of rotatable bonds is 1. The van der Waals surface area contributed by atoms with Crippen molar-refractivity contribution in [1.82, 2.24) is 20.8 Å². The van der Waals surface area contributed by atoms with E-state index in [4.69, 9.17) is 0 Å². The lowest BCUT2D eigenvalue weighted by Gasteiger charge is -2.05. The second-order valence-electron chi connectivity index (χ2n) is 4.29. The number of carbonyl (C=O) groups is 1. The van der Waals surface area contributed by atoms with Gasteiger partial charge in [0.2, 0.25) is 0 Å². The highest BCUT2D eigenvalue weighted by Crippen LogP contribution is 2.18. The van der Waals surface area contributed by atoms with Gasteiger partial charge >= 0.3 is 0 Å². The third-order valence-corrected chi connectivity index (χ3v) is 2.88. The fraction of sp³-hybridized carbons (Fsp3) is 0.0714. The first-order valence-corrected chi connectivity index (χ1v) is 5.90. The quantitative estimate of drug-likeness (QED) is 0.810. The molecule has 0 bridgehead atoms. The maximum Gasteiger partial charge on any atom is 0.273 e. The van der Waals surface area contributed by atoms with Crippen LogP contribution < -0.4 is 10.9 Å². The lowest BCUT2D eigenvalue weighted by molar-refractivity contribution is 0.0941. The van der Waals surface area contributed by atoms with Crippen molar-refractivity contribution in [3.63, 3.8) is 0 Å². The summed E-state index contributed by atoms with van der Waals surface area (Å²) in [5, 5.41) is 0. The number of nitrogens with zero attached hydrogens (tertiary/aromatic N) is 2. The van der Waals surface area contributed by atoms with Gasteiger partial charge in [0.1, 0.15) is 0 Å². The van der Waals surface area contributed by atoms with Crippen LogP contribution in [0.4, 0.5) is 0 Å². The van der Waals surface area contributed by atoms with Crippen molar-refractivity contribution in [3.05, 3.63) is 53.5 Å². The first-order chi connectivity index (χ1) is 9.24. The zero-order chi connectivity index (χ0) is 13.2. The van der Waals surface area contributed by atoms with Gasteiger partial charge in [0.25, 0.3) is 5.91 Å². The zero-order valence-corrected chi connectivity index (χ0v) is 10.3. The first kappa shape index (κ1) is 11.4. The fourth-order valence-corrected chi connectivity index (χ4v) is 1.83. The summed E-state index contributed by atoms with van der Waals surface area (Å²) in [4.78, 5) is 20.4. The van der Waals surface area contributed by atoms with Crippen LogP contribution in [0.15, 0.2) is 36.7 Å². The summed E-state index contributed by atoms with van der Waals surface area (Å²) >= 11 is 0. The molecule has 1 amide bonds. The van der Waals surface area contributed by atoms with Crippen molar-refractivity contribution in [2.24, 2.45) is 0 Å². The third-order valence-electron chi connectivity index (χ3n) is 2.88. The van der Waals surface area contributed by atoms with Gasteiger partial charge in [0.05, 0.1) is 11.3 Å². The summed E-state index contributed by atoms with van der Waals surface area (Å²) in [6, 6.07) is 7.95.